The molecule has 0 aliphatic carbocycles. The minimum absolute atomic E-state index is 0.0512. The van der Waals surface area contributed by atoms with Crippen LogP contribution in [0.2, 0.25) is 5.02 Å². The number of hydrogen-bond donors (Lipinski definition) is 1. The molecule has 88 valence electrons. The van der Waals surface area contributed by atoms with Crippen molar-refractivity contribution in [3.05, 3.63) is 22.7 Å². The minimum Gasteiger partial charge on any atom is -0.490 e. The van der Waals surface area contributed by atoms with Crippen LogP contribution in [0.15, 0.2) is 12.1 Å². The van der Waals surface area contributed by atoms with Crippen molar-refractivity contribution in [2.24, 2.45) is 5.73 Å². The molecule has 0 unspecified atom stereocenters. The van der Waals surface area contributed by atoms with Crippen LogP contribution in [0.1, 0.15) is 31.4 Å². The van der Waals surface area contributed by atoms with Gasteiger partial charge in [-0.3, -0.25) is 0 Å². The van der Waals surface area contributed by atoms with E-state index < -0.39 is 0 Å². The zero-order valence-electron chi connectivity index (χ0n) is 9.33. The van der Waals surface area contributed by atoms with Crippen LogP contribution in [0, 0.1) is 0 Å². The Morgan fingerprint density at radius 3 is 2.56 bits per heavy atom. The number of nitrogens with two attached hydrogens (primary N) is 1. The topological polar surface area (TPSA) is 44.5 Å². The number of fused-ring (bicyclic) bond motifs is 1. The van der Waals surface area contributed by atoms with Gasteiger partial charge in [-0.1, -0.05) is 18.5 Å². The molecule has 0 saturated heterocycles. The highest BCUT2D eigenvalue weighted by Gasteiger charge is 2.16. The lowest BCUT2D eigenvalue weighted by Crippen LogP contribution is -2.09. The first kappa shape index (κ1) is 11.6. The second-order valence-electron chi connectivity index (χ2n) is 3.89. The van der Waals surface area contributed by atoms with E-state index in [4.69, 9.17) is 26.8 Å². The SMILES string of the molecule is CC[C@H](N)c1cc2c(cc1Cl)OCCCO2. The van der Waals surface area contributed by atoms with Crippen molar-refractivity contribution < 1.29 is 9.47 Å². The molecule has 3 nitrogen and oxygen atoms in total. The summed E-state index contributed by atoms with van der Waals surface area (Å²) >= 11 is 6.17. The fourth-order valence-electron chi connectivity index (χ4n) is 1.70. The second-order valence-corrected chi connectivity index (χ2v) is 4.29. The Labute approximate surface area is 100 Å². The van der Waals surface area contributed by atoms with E-state index in [9.17, 15) is 0 Å². The molecule has 0 bridgehead atoms. The van der Waals surface area contributed by atoms with E-state index in [0.717, 1.165) is 29.9 Å². The van der Waals surface area contributed by atoms with E-state index in [1.165, 1.54) is 0 Å². The lowest BCUT2D eigenvalue weighted by atomic mass is 10.0. The highest BCUT2D eigenvalue weighted by molar-refractivity contribution is 6.31. The summed E-state index contributed by atoms with van der Waals surface area (Å²) in [4.78, 5) is 0. The molecule has 0 aromatic heterocycles. The Morgan fingerprint density at radius 1 is 1.31 bits per heavy atom. The molecule has 0 radical (unpaired) electrons. The van der Waals surface area contributed by atoms with Gasteiger partial charge in [0.15, 0.2) is 11.5 Å². The van der Waals surface area contributed by atoms with Crippen LogP contribution in [0.5, 0.6) is 11.5 Å². The molecule has 4 heteroatoms. The third kappa shape index (κ3) is 2.25. The Kier molecular flexibility index (Phi) is 3.56. The third-order valence-corrected chi connectivity index (χ3v) is 3.03. The number of ether oxygens (including phenoxy) is 2. The molecular weight excluding hydrogens is 226 g/mol. The smallest absolute Gasteiger partial charge is 0.162 e. The van der Waals surface area contributed by atoms with Gasteiger partial charge in [0.25, 0.3) is 0 Å². The van der Waals surface area contributed by atoms with Gasteiger partial charge in [0.05, 0.1) is 13.2 Å². The molecule has 0 spiro atoms. The number of hydrogen-bond acceptors (Lipinski definition) is 3. The van der Waals surface area contributed by atoms with Gasteiger partial charge in [-0.05, 0) is 18.1 Å². The van der Waals surface area contributed by atoms with E-state index in [0.29, 0.717) is 18.2 Å². The van der Waals surface area contributed by atoms with Gasteiger partial charge in [0.1, 0.15) is 0 Å². The first-order valence-electron chi connectivity index (χ1n) is 5.57. The molecule has 16 heavy (non-hydrogen) atoms. The summed E-state index contributed by atoms with van der Waals surface area (Å²) in [6, 6.07) is 3.65. The second kappa shape index (κ2) is 4.93. The molecule has 1 heterocycles. The van der Waals surface area contributed by atoms with Crippen molar-refractivity contribution in [2.75, 3.05) is 13.2 Å². The van der Waals surface area contributed by atoms with Crippen LogP contribution in [-0.2, 0) is 0 Å². The summed E-state index contributed by atoms with van der Waals surface area (Å²) < 4.78 is 11.1. The molecule has 2 rings (SSSR count). The molecule has 1 aliphatic rings. The first-order chi connectivity index (χ1) is 7.72. The third-order valence-electron chi connectivity index (χ3n) is 2.71. The Balaban J connectivity index is 2.38. The van der Waals surface area contributed by atoms with Crippen LogP contribution in [0.3, 0.4) is 0 Å². The average Bonchev–Trinajstić information content (AvgIpc) is 2.51. The lowest BCUT2D eigenvalue weighted by Gasteiger charge is -2.15. The van der Waals surface area contributed by atoms with Gasteiger partial charge < -0.3 is 15.2 Å². The molecule has 0 amide bonds. The number of benzene rings is 1. The van der Waals surface area contributed by atoms with Gasteiger partial charge in [-0.15, -0.1) is 0 Å². The predicted molar refractivity (Wildman–Crippen MR) is 64.3 cm³/mol. The summed E-state index contributed by atoms with van der Waals surface area (Å²) in [7, 11) is 0. The first-order valence-corrected chi connectivity index (χ1v) is 5.94. The van der Waals surface area contributed by atoms with Gasteiger partial charge in [0.2, 0.25) is 0 Å². The normalized spacial score (nSPS) is 16.7. The number of rotatable bonds is 2. The van der Waals surface area contributed by atoms with Crippen molar-refractivity contribution in [1.82, 2.24) is 0 Å². The molecule has 1 aromatic rings. The van der Waals surface area contributed by atoms with E-state index in [1.54, 1.807) is 6.07 Å². The highest BCUT2D eigenvalue weighted by Crippen LogP contribution is 2.37. The van der Waals surface area contributed by atoms with Crippen LogP contribution in [0.4, 0.5) is 0 Å². The molecular formula is C12H16ClNO2. The predicted octanol–water partition coefficient (Wildman–Crippen LogP) is 2.91. The highest BCUT2D eigenvalue weighted by atomic mass is 35.5. The maximum Gasteiger partial charge on any atom is 0.162 e. The molecule has 0 fully saturated rings. The van der Waals surface area contributed by atoms with Gasteiger partial charge >= 0.3 is 0 Å². The molecule has 1 aliphatic heterocycles. The molecule has 1 aromatic carbocycles. The fourth-order valence-corrected chi connectivity index (χ4v) is 2.00. The van der Waals surface area contributed by atoms with E-state index in [1.807, 2.05) is 13.0 Å². The van der Waals surface area contributed by atoms with E-state index in [-0.39, 0.29) is 6.04 Å². The Hall–Kier alpha value is -0.930. The Bertz CT molecular complexity index is 382. The van der Waals surface area contributed by atoms with Gasteiger partial charge in [-0.2, -0.15) is 0 Å². The van der Waals surface area contributed by atoms with Gasteiger partial charge in [-0.25, -0.2) is 0 Å². The van der Waals surface area contributed by atoms with Crippen molar-refractivity contribution in [1.29, 1.82) is 0 Å². The maximum atomic E-state index is 6.17. The van der Waals surface area contributed by atoms with Gasteiger partial charge in [0, 0.05) is 23.6 Å². The average molecular weight is 242 g/mol. The van der Waals surface area contributed by atoms with E-state index in [2.05, 4.69) is 0 Å². The minimum atomic E-state index is -0.0512. The number of halogens is 1. The summed E-state index contributed by atoms with van der Waals surface area (Å²) in [6.45, 7) is 3.38. The zero-order chi connectivity index (χ0) is 11.5. The van der Waals surface area contributed by atoms with Crippen molar-refractivity contribution in [3.63, 3.8) is 0 Å². The van der Waals surface area contributed by atoms with Crippen LogP contribution in [-0.4, -0.2) is 13.2 Å². The lowest BCUT2D eigenvalue weighted by molar-refractivity contribution is 0.297. The maximum absolute atomic E-state index is 6.17. The largest absolute Gasteiger partial charge is 0.490 e. The molecule has 1 atom stereocenters. The monoisotopic (exact) mass is 241 g/mol. The van der Waals surface area contributed by atoms with Crippen LogP contribution in [0.25, 0.3) is 0 Å². The van der Waals surface area contributed by atoms with Crippen molar-refractivity contribution >= 4 is 11.6 Å². The van der Waals surface area contributed by atoms with E-state index >= 15 is 0 Å². The summed E-state index contributed by atoms with van der Waals surface area (Å²) in [6.07, 6.45) is 1.74. The molecule has 2 N–H and O–H groups in total. The quantitative estimate of drug-likeness (QED) is 0.866. The summed E-state index contributed by atoms with van der Waals surface area (Å²) in [5, 5.41) is 0.651. The summed E-state index contributed by atoms with van der Waals surface area (Å²) in [5.74, 6) is 1.47. The van der Waals surface area contributed by atoms with Crippen LogP contribution >= 0.6 is 11.6 Å². The molecule has 0 saturated carbocycles. The standard InChI is InChI=1S/C12H16ClNO2/c1-2-10(14)8-6-11-12(7-9(8)13)16-5-3-4-15-11/h6-7,10H,2-5,14H2,1H3/t10-/m0/s1. The van der Waals surface area contributed by atoms with Crippen molar-refractivity contribution in [3.8, 4) is 11.5 Å². The summed E-state index contributed by atoms with van der Waals surface area (Å²) in [5.41, 5.74) is 6.91. The fraction of sp³-hybridized carbons (Fsp3) is 0.500. The zero-order valence-corrected chi connectivity index (χ0v) is 10.1. The van der Waals surface area contributed by atoms with Crippen molar-refractivity contribution in [2.45, 2.75) is 25.8 Å². The van der Waals surface area contributed by atoms with Crippen LogP contribution < -0.4 is 15.2 Å². The Morgan fingerprint density at radius 2 is 1.94 bits per heavy atom.